The van der Waals surface area contributed by atoms with Crippen molar-refractivity contribution in [1.82, 2.24) is 10.3 Å². The van der Waals surface area contributed by atoms with E-state index in [4.69, 9.17) is 0 Å². The molecule has 28 heavy (non-hydrogen) atoms. The Morgan fingerprint density at radius 3 is 2.29 bits per heavy atom. The van der Waals surface area contributed by atoms with E-state index >= 15 is 0 Å². The molecule has 1 amide bonds. The van der Waals surface area contributed by atoms with Gasteiger partial charge in [-0.25, -0.2) is 0 Å². The summed E-state index contributed by atoms with van der Waals surface area (Å²) in [6.07, 6.45) is 7.19. The number of pyridine rings is 1. The Kier molecular flexibility index (Phi) is 8.31. The van der Waals surface area contributed by atoms with Gasteiger partial charge in [0.1, 0.15) is 13.8 Å². The maximum absolute atomic E-state index is 12.5. The summed E-state index contributed by atoms with van der Waals surface area (Å²) < 4.78 is 0. The monoisotopic (exact) mass is 398 g/mol. The molecule has 0 radical (unpaired) electrons. The number of rotatable bonds is 5. The van der Waals surface area contributed by atoms with Crippen molar-refractivity contribution in [2.45, 2.75) is 96.3 Å². The van der Waals surface area contributed by atoms with E-state index in [2.05, 4.69) is 63.3 Å². The second kappa shape index (κ2) is 10.3. The van der Waals surface area contributed by atoms with E-state index in [9.17, 15) is 4.79 Å². The van der Waals surface area contributed by atoms with E-state index in [1.807, 2.05) is 12.1 Å². The maximum atomic E-state index is 12.5. The van der Waals surface area contributed by atoms with Crippen molar-refractivity contribution in [3.05, 3.63) is 30.1 Å². The summed E-state index contributed by atoms with van der Waals surface area (Å²) in [5.41, 5.74) is 6.37. The van der Waals surface area contributed by atoms with Crippen molar-refractivity contribution < 1.29 is 4.79 Å². The lowest BCUT2D eigenvalue weighted by atomic mass is 9.99. The Bertz CT molecular complexity index is 666. The highest BCUT2D eigenvalue weighted by atomic mass is 28.3. The minimum absolute atomic E-state index is 0.0607. The van der Waals surface area contributed by atoms with Gasteiger partial charge in [0, 0.05) is 18.2 Å². The predicted molar refractivity (Wildman–Crippen MR) is 121 cm³/mol. The summed E-state index contributed by atoms with van der Waals surface area (Å²) in [6.45, 7) is 14.2. The van der Waals surface area contributed by atoms with Crippen LogP contribution in [0, 0.1) is 17.4 Å². The highest BCUT2D eigenvalue weighted by Gasteiger charge is 2.41. The molecule has 0 bridgehead atoms. The fraction of sp³-hybridized carbons (Fsp3) is 0.667. The Morgan fingerprint density at radius 1 is 1.07 bits per heavy atom. The molecule has 1 fully saturated rings. The molecule has 0 saturated heterocycles. The van der Waals surface area contributed by atoms with Crippen LogP contribution in [0.3, 0.4) is 0 Å². The molecular weight excluding hydrogens is 360 g/mol. The van der Waals surface area contributed by atoms with E-state index < -0.39 is 8.07 Å². The zero-order chi connectivity index (χ0) is 20.7. The summed E-state index contributed by atoms with van der Waals surface area (Å²) in [4.78, 5) is 16.7. The lowest BCUT2D eigenvalue weighted by Gasteiger charge is -2.38. The molecule has 154 valence electrons. The summed E-state index contributed by atoms with van der Waals surface area (Å²) in [7, 11) is -1.69. The average molecular weight is 399 g/mol. The zero-order valence-corrected chi connectivity index (χ0v) is 19.6. The van der Waals surface area contributed by atoms with E-state index in [1.165, 1.54) is 6.42 Å². The molecule has 0 spiro atoms. The highest BCUT2D eigenvalue weighted by molar-refractivity contribution is 6.90. The number of nitrogens with zero attached hydrogens (tertiary/aromatic N) is 1. The number of hydrogen-bond donors (Lipinski definition) is 1. The molecule has 4 heteroatoms. The first-order valence-electron chi connectivity index (χ1n) is 11.0. The fourth-order valence-electron chi connectivity index (χ4n) is 5.04. The third-order valence-corrected chi connectivity index (χ3v) is 12.8. The van der Waals surface area contributed by atoms with Crippen LogP contribution in [0.2, 0.25) is 16.6 Å². The maximum Gasteiger partial charge on any atom is 0.270 e. The number of aromatic nitrogens is 1. The van der Waals surface area contributed by atoms with Gasteiger partial charge in [-0.1, -0.05) is 60.5 Å². The molecule has 2 atom stereocenters. The molecule has 2 unspecified atom stereocenters. The van der Waals surface area contributed by atoms with Crippen molar-refractivity contribution in [3.8, 4) is 11.5 Å². The van der Waals surface area contributed by atoms with Gasteiger partial charge in [0.05, 0.1) is 0 Å². The Balaban J connectivity index is 2.14. The van der Waals surface area contributed by atoms with E-state index in [0.29, 0.717) is 28.2 Å². The minimum Gasteiger partial charge on any atom is -0.348 e. The third-order valence-electron chi connectivity index (χ3n) is 6.52. The minimum atomic E-state index is -1.69. The largest absolute Gasteiger partial charge is 0.348 e. The second-order valence-electron chi connectivity index (χ2n) is 9.27. The van der Waals surface area contributed by atoms with Crippen LogP contribution in [0.25, 0.3) is 0 Å². The van der Waals surface area contributed by atoms with Crippen LogP contribution in [0.4, 0.5) is 0 Å². The van der Waals surface area contributed by atoms with Gasteiger partial charge in [-0.2, -0.15) is 0 Å². The predicted octanol–water partition coefficient (Wildman–Crippen LogP) is 5.98. The number of carbonyl (C=O) groups is 1. The molecular formula is C24H38N2OSi. The first kappa shape index (κ1) is 22.7. The van der Waals surface area contributed by atoms with Gasteiger partial charge in [-0.05, 0) is 48.0 Å². The van der Waals surface area contributed by atoms with E-state index in [1.54, 1.807) is 12.3 Å². The molecule has 1 aliphatic carbocycles. The topological polar surface area (TPSA) is 42.0 Å². The number of nitrogens with one attached hydrogen (secondary N) is 1. The molecule has 0 aliphatic heterocycles. The Morgan fingerprint density at radius 2 is 1.71 bits per heavy atom. The molecule has 1 heterocycles. The van der Waals surface area contributed by atoms with Crippen LogP contribution in [0.5, 0.6) is 0 Å². The first-order valence-corrected chi connectivity index (χ1v) is 13.2. The van der Waals surface area contributed by atoms with E-state index in [-0.39, 0.29) is 11.9 Å². The number of hydrogen-bond acceptors (Lipinski definition) is 2. The van der Waals surface area contributed by atoms with Crippen LogP contribution in [0.1, 0.15) is 84.1 Å². The van der Waals surface area contributed by atoms with Crippen molar-refractivity contribution in [2.75, 3.05) is 0 Å². The Hall–Kier alpha value is -1.60. The molecule has 0 aromatic carbocycles. The lowest BCUT2D eigenvalue weighted by molar-refractivity contribution is 0.0927. The van der Waals surface area contributed by atoms with Crippen LogP contribution in [-0.2, 0) is 0 Å². The van der Waals surface area contributed by atoms with Crippen LogP contribution in [0.15, 0.2) is 24.4 Å². The van der Waals surface area contributed by atoms with Gasteiger partial charge in [0.25, 0.3) is 5.91 Å². The molecule has 3 nitrogen and oxygen atoms in total. The summed E-state index contributed by atoms with van der Waals surface area (Å²) in [6, 6.07) is 5.67. The summed E-state index contributed by atoms with van der Waals surface area (Å²) in [5.74, 6) is 4.06. The smallest absolute Gasteiger partial charge is 0.270 e. The normalized spacial score (nSPS) is 20.6. The molecule has 1 N–H and O–H groups in total. The van der Waals surface area contributed by atoms with E-state index in [0.717, 1.165) is 25.7 Å². The van der Waals surface area contributed by atoms with Crippen molar-refractivity contribution in [2.24, 2.45) is 5.92 Å². The van der Waals surface area contributed by atoms with Crippen molar-refractivity contribution in [1.29, 1.82) is 0 Å². The molecule has 1 aliphatic rings. The Labute approximate surface area is 173 Å². The van der Waals surface area contributed by atoms with Crippen molar-refractivity contribution in [3.63, 3.8) is 0 Å². The standard InChI is InChI=1S/C24H38N2OSi/c1-18(2)28(19(3)4,20(5)6)16-14-21-11-7-8-12-22(17-21)26-24(27)23-13-9-10-15-25-23/h9-10,13,15,18-22H,7-8,11-12,17H2,1-6H3,(H,26,27). The number of carbonyl (C=O) groups excluding carboxylic acids is 1. The van der Waals surface area contributed by atoms with Gasteiger partial charge in [-0.3, -0.25) is 9.78 Å². The van der Waals surface area contributed by atoms with Gasteiger partial charge < -0.3 is 5.32 Å². The highest BCUT2D eigenvalue weighted by Crippen LogP contribution is 2.41. The lowest BCUT2D eigenvalue weighted by Crippen LogP contribution is -2.43. The SMILES string of the molecule is CC(C)[Si](C#CC1CCCCC(NC(=O)c2ccccn2)C1)(C(C)C)C(C)C. The zero-order valence-electron chi connectivity index (χ0n) is 18.6. The quantitative estimate of drug-likeness (QED) is 0.376. The molecule has 2 rings (SSSR count). The molecule has 1 aromatic heterocycles. The summed E-state index contributed by atoms with van der Waals surface area (Å²) in [5, 5.41) is 3.21. The summed E-state index contributed by atoms with van der Waals surface area (Å²) >= 11 is 0. The first-order chi connectivity index (χ1) is 13.3. The van der Waals surface area contributed by atoms with Crippen molar-refractivity contribution >= 4 is 14.0 Å². The van der Waals surface area contributed by atoms with Gasteiger partial charge in [-0.15, -0.1) is 11.5 Å². The van der Waals surface area contributed by atoms with Gasteiger partial charge >= 0.3 is 0 Å². The van der Waals surface area contributed by atoms with Crippen LogP contribution >= 0.6 is 0 Å². The molecule has 1 saturated carbocycles. The average Bonchev–Trinajstić information content (AvgIpc) is 2.87. The second-order valence-corrected chi connectivity index (χ2v) is 14.8. The van der Waals surface area contributed by atoms with Crippen LogP contribution in [-0.4, -0.2) is 25.0 Å². The fourth-order valence-corrected chi connectivity index (χ4v) is 10.4. The number of amides is 1. The third kappa shape index (κ3) is 5.47. The van der Waals surface area contributed by atoms with Gasteiger partial charge in [0.2, 0.25) is 0 Å². The van der Waals surface area contributed by atoms with Gasteiger partial charge in [0.15, 0.2) is 0 Å². The van der Waals surface area contributed by atoms with Crippen LogP contribution < -0.4 is 5.32 Å². The molecule has 1 aromatic rings.